The summed E-state index contributed by atoms with van der Waals surface area (Å²) in [5, 5.41) is 1.16. The van der Waals surface area contributed by atoms with Crippen LogP contribution in [0.2, 0.25) is 0 Å². The fourth-order valence-electron chi connectivity index (χ4n) is 5.04. The Hall–Kier alpha value is -4.48. The molecule has 0 unspecified atom stereocenters. The van der Waals surface area contributed by atoms with Crippen molar-refractivity contribution in [3.8, 4) is 11.5 Å². The van der Waals surface area contributed by atoms with E-state index in [1.807, 2.05) is 66.7 Å². The Balaban J connectivity index is 1.49. The zero-order chi connectivity index (χ0) is 34.5. The number of hydroxylamine groups is 1. The molecule has 0 aliphatic carbocycles. The van der Waals surface area contributed by atoms with Crippen molar-refractivity contribution in [1.29, 1.82) is 0 Å². The second-order valence-corrected chi connectivity index (χ2v) is 13.6. The average Bonchev–Trinajstić information content (AvgIpc) is 3.01. The van der Waals surface area contributed by atoms with Gasteiger partial charge in [-0.15, -0.1) is 0 Å². The molecule has 0 saturated carbocycles. The fraction of sp³-hybridized carbons (Fsp3) is 0.444. The Bertz CT molecular complexity index is 1600. The topological polar surface area (TPSA) is 111 Å². The van der Waals surface area contributed by atoms with Gasteiger partial charge in [-0.3, -0.25) is 19.5 Å². The zero-order valence-corrected chi connectivity index (χ0v) is 28.9. The zero-order valence-electron chi connectivity index (χ0n) is 28.9. The lowest BCUT2D eigenvalue weighted by Gasteiger charge is -2.35. The highest BCUT2D eigenvalue weighted by atomic mass is 16.7. The summed E-state index contributed by atoms with van der Waals surface area (Å²) in [4.78, 5) is 52.7. The minimum absolute atomic E-state index is 0.292. The van der Waals surface area contributed by atoms with Crippen LogP contribution in [0.25, 0.3) is 0 Å². The van der Waals surface area contributed by atoms with Crippen LogP contribution in [0.3, 0.4) is 0 Å². The van der Waals surface area contributed by atoms with Gasteiger partial charge in [-0.05, 0) is 80.6 Å². The van der Waals surface area contributed by atoms with Gasteiger partial charge in [-0.25, -0.2) is 9.59 Å². The van der Waals surface area contributed by atoms with Crippen LogP contribution in [0.15, 0.2) is 54.7 Å². The molecular formula is C36H46N4O7. The van der Waals surface area contributed by atoms with Gasteiger partial charge < -0.3 is 19.1 Å². The van der Waals surface area contributed by atoms with E-state index < -0.39 is 17.5 Å². The fourth-order valence-corrected chi connectivity index (χ4v) is 5.04. The van der Waals surface area contributed by atoms with Crippen LogP contribution in [0, 0.1) is 6.92 Å². The second kappa shape index (κ2) is 14.5. The number of aryl methyl sites for hydroxylation is 1. The van der Waals surface area contributed by atoms with Crippen molar-refractivity contribution >= 4 is 23.7 Å². The molecule has 11 nitrogen and oxygen atoms in total. The molecule has 2 amide bonds. The van der Waals surface area contributed by atoms with Crippen LogP contribution in [-0.4, -0.2) is 78.8 Å². The lowest BCUT2D eigenvalue weighted by molar-refractivity contribution is 0.0138. The number of methoxy groups -OCH3 is 1. The third kappa shape index (κ3) is 9.30. The van der Waals surface area contributed by atoms with Gasteiger partial charge in [0.15, 0.2) is 0 Å². The van der Waals surface area contributed by atoms with Crippen molar-refractivity contribution in [2.75, 3.05) is 45.5 Å². The van der Waals surface area contributed by atoms with Crippen LogP contribution in [0.4, 0.5) is 10.5 Å². The lowest BCUT2D eigenvalue weighted by atomic mass is 9.85. The molecule has 2 heterocycles. The molecule has 0 N–H and O–H groups in total. The maximum atomic E-state index is 13.8. The molecule has 1 aromatic heterocycles. The van der Waals surface area contributed by atoms with E-state index in [0.717, 1.165) is 21.9 Å². The summed E-state index contributed by atoms with van der Waals surface area (Å²) in [7, 11) is 2.72. The molecule has 3 aromatic rings. The third-order valence-corrected chi connectivity index (χ3v) is 7.67. The van der Waals surface area contributed by atoms with E-state index >= 15 is 0 Å². The number of pyridine rings is 1. The monoisotopic (exact) mass is 646 g/mol. The average molecular weight is 647 g/mol. The molecule has 1 aliphatic rings. The molecule has 0 bridgehead atoms. The normalized spacial score (nSPS) is 14.0. The van der Waals surface area contributed by atoms with E-state index in [4.69, 9.17) is 19.0 Å². The highest BCUT2D eigenvalue weighted by molar-refractivity contribution is 6.05. The van der Waals surface area contributed by atoms with E-state index in [1.54, 1.807) is 41.4 Å². The first-order chi connectivity index (χ1) is 22.1. The van der Waals surface area contributed by atoms with Gasteiger partial charge in [-0.1, -0.05) is 26.8 Å². The molecule has 2 aromatic carbocycles. The number of esters is 1. The number of amides is 2. The van der Waals surface area contributed by atoms with Gasteiger partial charge in [0.25, 0.3) is 5.91 Å². The smallest absolute Gasteiger partial charge is 0.410 e. The first-order valence-electron chi connectivity index (χ1n) is 15.6. The van der Waals surface area contributed by atoms with Crippen LogP contribution >= 0.6 is 0 Å². The van der Waals surface area contributed by atoms with Gasteiger partial charge in [0.05, 0.1) is 31.2 Å². The number of hydrogen-bond donors (Lipinski definition) is 0. The maximum Gasteiger partial charge on any atom is 0.410 e. The summed E-state index contributed by atoms with van der Waals surface area (Å²) in [6.07, 6.45) is 1.40. The summed E-state index contributed by atoms with van der Waals surface area (Å²) in [6.45, 7) is 16.7. The Kier molecular flexibility index (Phi) is 10.9. The summed E-state index contributed by atoms with van der Waals surface area (Å²) in [5.74, 6) is 0.153. The largest absolute Gasteiger partial charge is 0.465 e. The van der Waals surface area contributed by atoms with Crippen LogP contribution in [0.5, 0.6) is 11.5 Å². The number of piperazine rings is 1. The van der Waals surface area contributed by atoms with Gasteiger partial charge in [0.1, 0.15) is 17.1 Å². The van der Waals surface area contributed by atoms with E-state index in [0.29, 0.717) is 61.0 Å². The van der Waals surface area contributed by atoms with Crippen molar-refractivity contribution in [3.63, 3.8) is 0 Å². The third-order valence-electron chi connectivity index (χ3n) is 7.67. The molecule has 11 heteroatoms. The molecule has 0 spiro atoms. The number of carbonyl (C=O) groups is 3. The number of hydrogen-bond acceptors (Lipinski definition) is 9. The van der Waals surface area contributed by atoms with Crippen molar-refractivity contribution in [1.82, 2.24) is 14.8 Å². The lowest BCUT2D eigenvalue weighted by Crippen LogP contribution is -2.49. The summed E-state index contributed by atoms with van der Waals surface area (Å²) < 4.78 is 16.7. The minimum atomic E-state index is -0.527. The summed E-state index contributed by atoms with van der Waals surface area (Å²) >= 11 is 0. The first-order valence-corrected chi connectivity index (χ1v) is 15.6. The SMILES string of the molecule is COC(=O)c1cc(N(OC)C(=O)c2ccc(C)c(Oc3ccnc(CN4CCN(C(=O)OC(C)(C)C)CC4)c3)c2)cc(C(C)(C)C)c1. The number of rotatable bonds is 8. The molecule has 47 heavy (non-hydrogen) atoms. The van der Waals surface area contributed by atoms with Crippen molar-refractivity contribution in [3.05, 3.63) is 82.7 Å². The predicted octanol–water partition coefficient (Wildman–Crippen LogP) is 6.53. The molecule has 0 atom stereocenters. The second-order valence-electron chi connectivity index (χ2n) is 13.6. The highest BCUT2D eigenvalue weighted by Gasteiger charge is 2.27. The van der Waals surface area contributed by atoms with Crippen LogP contribution < -0.4 is 9.80 Å². The summed E-state index contributed by atoms with van der Waals surface area (Å²) in [5.41, 5.74) is 2.73. The molecule has 1 saturated heterocycles. The van der Waals surface area contributed by atoms with Gasteiger partial charge >= 0.3 is 12.1 Å². The number of ether oxygens (including phenoxy) is 3. The number of benzene rings is 2. The molecule has 0 radical (unpaired) electrons. The molecule has 1 fully saturated rings. The van der Waals surface area contributed by atoms with Gasteiger partial charge in [0.2, 0.25) is 0 Å². The molecular weight excluding hydrogens is 600 g/mol. The Morgan fingerprint density at radius 3 is 2.19 bits per heavy atom. The first kappa shape index (κ1) is 35.4. The number of carbonyl (C=O) groups excluding carboxylic acids is 3. The van der Waals surface area contributed by atoms with Gasteiger partial charge in [-0.2, -0.15) is 5.06 Å². The van der Waals surface area contributed by atoms with E-state index in [9.17, 15) is 14.4 Å². The Labute approximate surface area is 277 Å². The van der Waals surface area contributed by atoms with E-state index in [-0.39, 0.29) is 11.5 Å². The van der Waals surface area contributed by atoms with Crippen molar-refractivity contribution < 1.29 is 33.4 Å². The van der Waals surface area contributed by atoms with Gasteiger partial charge in [0, 0.05) is 50.6 Å². The van der Waals surface area contributed by atoms with Crippen LogP contribution in [0.1, 0.15) is 79.1 Å². The summed E-state index contributed by atoms with van der Waals surface area (Å²) in [6, 6.07) is 14.0. The minimum Gasteiger partial charge on any atom is -0.465 e. The highest BCUT2D eigenvalue weighted by Crippen LogP contribution is 2.31. The molecule has 252 valence electrons. The standard InChI is InChI=1S/C36H46N4O7/c1-24-10-11-25(32(41)40(45-9)29-19-26(33(42)44-8)18-27(21-29)35(2,3)4)20-31(24)46-30-12-13-37-28(22-30)23-38-14-16-39(17-15-38)34(43)47-36(5,6)7/h10-13,18-22H,14-17,23H2,1-9H3. The molecule has 1 aliphatic heterocycles. The quantitative estimate of drug-likeness (QED) is 0.199. The number of aromatic nitrogens is 1. The Morgan fingerprint density at radius 2 is 1.57 bits per heavy atom. The predicted molar refractivity (Wildman–Crippen MR) is 179 cm³/mol. The van der Waals surface area contributed by atoms with Crippen molar-refractivity contribution in [2.45, 2.75) is 66.0 Å². The number of nitrogens with zero attached hydrogens (tertiary/aromatic N) is 4. The van der Waals surface area contributed by atoms with Crippen molar-refractivity contribution in [2.24, 2.45) is 0 Å². The molecule has 4 rings (SSSR count). The van der Waals surface area contributed by atoms with E-state index in [1.165, 1.54) is 14.2 Å². The Morgan fingerprint density at radius 1 is 0.872 bits per heavy atom. The van der Waals surface area contributed by atoms with E-state index in [2.05, 4.69) is 9.88 Å². The maximum absolute atomic E-state index is 13.8. The van der Waals surface area contributed by atoms with Crippen LogP contribution in [-0.2, 0) is 26.3 Å². The number of anilines is 1.